The smallest absolute Gasteiger partial charge is 0.264 e. The van der Waals surface area contributed by atoms with Crippen LogP contribution in [0.15, 0.2) is 35.2 Å². The van der Waals surface area contributed by atoms with Crippen molar-refractivity contribution in [2.45, 2.75) is 13.8 Å². The topological polar surface area (TPSA) is 61.1 Å². The Hall–Kier alpha value is -2.47. The molecule has 6 heteroatoms. The van der Waals surface area contributed by atoms with Gasteiger partial charge in [0.2, 0.25) is 0 Å². The van der Waals surface area contributed by atoms with Crippen molar-refractivity contribution in [1.82, 2.24) is 9.88 Å². The van der Waals surface area contributed by atoms with Crippen molar-refractivity contribution in [1.29, 1.82) is 5.41 Å². The number of anilines is 1. The molecule has 0 atom stereocenters. The molecule has 2 N–H and O–H groups in total. The molecule has 2 aromatic rings. The maximum atomic E-state index is 11.8. The van der Waals surface area contributed by atoms with Gasteiger partial charge < -0.3 is 14.8 Å². The van der Waals surface area contributed by atoms with Crippen molar-refractivity contribution in [3.8, 4) is 5.69 Å². The molecule has 0 spiro atoms. The van der Waals surface area contributed by atoms with Crippen LogP contribution in [0.25, 0.3) is 11.8 Å². The number of benzene rings is 1. The summed E-state index contributed by atoms with van der Waals surface area (Å²) in [4.78, 5) is 14.4. The van der Waals surface area contributed by atoms with Crippen LogP contribution in [0.1, 0.15) is 17.0 Å². The summed E-state index contributed by atoms with van der Waals surface area (Å²) in [6, 6.07) is 10.4. The molecule has 1 amide bonds. The maximum Gasteiger partial charge on any atom is 0.264 e. The fourth-order valence-corrected chi connectivity index (χ4v) is 3.51. The quantitative estimate of drug-likeness (QED) is 0.843. The van der Waals surface area contributed by atoms with Gasteiger partial charge in [0.25, 0.3) is 5.91 Å². The third-order valence-corrected chi connectivity index (χ3v) is 4.87. The van der Waals surface area contributed by atoms with Crippen LogP contribution in [0.5, 0.6) is 0 Å². The number of amidine groups is 1. The van der Waals surface area contributed by atoms with Crippen molar-refractivity contribution in [3.05, 3.63) is 52.2 Å². The number of aromatic nitrogens is 1. The van der Waals surface area contributed by atoms with Gasteiger partial charge in [-0.15, -0.1) is 0 Å². The van der Waals surface area contributed by atoms with E-state index < -0.39 is 0 Å². The summed E-state index contributed by atoms with van der Waals surface area (Å²) in [5.74, 6) is -0.204. The van der Waals surface area contributed by atoms with Gasteiger partial charge in [-0.2, -0.15) is 0 Å². The number of aryl methyl sites for hydroxylation is 1. The maximum absolute atomic E-state index is 11.8. The molecular formula is C18H20N4OS. The second-order valence-corrected chi connectivity index (χ2v) is 7.02. The molecule has 124 valence electrons. The zero-order chi connectivity index (χ0) is 17.4. The van der Waals surface area contributed by atoms with E-state index >= 15 is 0 Å². The van der Waals surface area contributed by atoms with Gasteiger partial charge in [-0.05, 0) is 67.6 Å². The van der Waals surface area contributed by atoms with E-state index in [1.807, 2.05) is 27.1 Å². The highest BCUT2D eigenvalue weighted by atomic mass is 32.2. The van der Waals surface area contributed by atoms with Crippen LogP contribution in [0.2, 0.25) is 0 Å². The number of nitrogens with zero attached hydrogens (tertiary/aromatic N) is 2. The summed E-state index contributed by atoms with van der Waals surface area (Å²) in [7, 11) is 4.04. The first kappa shape index (κ1) is 16.4. The van der Waals surface area contributed by atoms with E-state index in [1.165, 1.54) is 0 Å². The van der Waals surface area contributed by atoms with Gasteiger partial charge in [0.05, 0.1) is 4.91 Å². The molecule has 0 saturated carbocycles. The van der Waals surface area contributed by atoms with E-state index in [0.29, 0.717) is 4.91 Å². The predicted molar refractivity (Wildman–Crippen MR) is 101 cm³/mol. The largest absolute Gasteiger partial charge is 0.378 e. The molecule has 0 radical (unpaired) electrons. The zero-order valence-corrected chi connectivity index (χ0v) is 15.0. The van der Waals surface area contributed by atoms with E-state index in [1.54, 1.807) is 0 Å². The number of nitrogens with one attached hydrogen (secondary N) is 2. The Morgan fingerprint density at radius 2 is 1.88 bits per heavy atom. The lowest BCUT2D eigenvalue weighted by Gasteiger charge is -2.14. The van der Waals surface area contributed by atoms with E-state index in [0.717, 1.165) is 40.1 Å². The Balaban J connectivity index is 1.99. The zero-order valence-electron chi connectivity index (χ0n) is 14.2. The predicted octanol–water partition coefficient (Wildman–Crippen LogP) is 3.30. The highest BCUT2D eigenvalue weighted by Gasteiger charge is 2.23. The van der Waals surface area contributed by atoms with Gasteiger partial charge in [0.1, 0.15) is 0 Å². The molecule has 0 aliphatic carbocycles. The van der Waals surface area contributed by atoms with Crippen LogP contribution in [-0.2, 0) is 4.79 Å². The minimum Gasteiger partial charge on any atom is -0.378 e. The molecule has 1 saturated heterocycles. The molecule has 24 heavy (non-hydrogen) atoms. The van der Waals surface area contributed by atoms with Crippen LogP contribution < -0.4 is 10.2 Å². The first-order valence-electron chi connectivity index (χ1n) is 7.63. The molecule has 1 fully saturated rings. The standard InChI is InChI=1S/C18H20N4OS/c1-11-9-13(10-16-17(23)20-18(19)24-16)12(2)22(11)15-7-5-14(6-8-15)21(3)4/h5-10H,1-4H3,(H2,19,20,23)/b16-10-. The van der Waals surface area contributed by atoms with Crippen molar-refractivity contribution in [2.75, 3.05) is 19.0 Å². The number of carbonyl (C=O) groups excluding carboxylic acids is 1. The summed E-state index contributed by atoms with van der Waals surface area (Å²) >= 11 is 1.16. The third-order valence-electron chi connectivity index (χ3n) is 4.04. The molecule has 0 unspecified atom stereocenters. The van der Waals surface area contributed by atoms with Crippen LogP contribution in [0.3, 0.4) is 0 Å². The lowest BCUT2D eigenvalue weighted by Crippen LogP contribution is -2.18. The van der Waals surface area contributed by atoms with Gasteiger partial charge in [0.15, 0.2) is 5.17 Å². The second kappa shape index (κ2) is 6.20. The molecule has 5 nitrogen and oxygen atoms in total. The monoisotopic (exact) mass is 340 g/mol. The molecule has 1 aliphatic rings. The Bertz CT molecular complexity index is 847. The molecule has 3 rings (SSSR count). The first-order valence-corrected chi connectivity index (χ1v) is 8.44. The fourth-order valence-electron chi connectivity index (χ4n) is 2.81. The first-order chi connectivity index (χ1) is 11.4. The Labute approximate surface area is 145 Å². The molecule has 1 aromatic carbocycles. The normalized spacial score (nSPS) is 15.9. The minimum absolute atomic E-state index is 0.180. The molecule has 1 aromatic heterocycles. The number of hydrogen-bond acceptors (Lipinski definition) is 4. The summed E-state index contributed by atoms with van der Waals surface area (Å²) in [5, 5.41) is 10.2. The van der Waals surface area contributed by atoms with Gasteiger partial charge in [-0.1, -0.05) is 0 Å². The van der Waals surface area contributed by atoms with Gasteiger partial charge in [-0.25, -0.2) is 0 Å². The summed E-state index contributed by atoms with van der Waals surface area (Å²) in [6.07, 6.45) is 1.86. The number of amides is 1. The highest BCUT2D eigenvalue weighted by molar-refractivity contribution is 8.18. The highest BCUT2D eigenvalue weighted by Crippen LogP contribution is 2.29. The average molecular weight is 340 g/mol. The third kappa shape index (κ3) is 2.97. The molecule has 2 heterocycles. The van der Waals surface area contributed by atoms with Gasteiger partial charge >= 0.3 is 0 Å². The average Bonchev–Trinajstić information content (AvgIpc) is 2.98. The van der Waals surface area contributed by atoms with Crippen molar-refractivity contribution >= 4 is 34.6 Å². The van der Waals surface area contributed by atoms with Crippen LogP contribution in [-0.4, -0.2) is 29.7 Å². The van der Waals surface area contributed by atoms with E-state index in [2.05, 4.69) is 52.0 Å². The molecule has 1 aliphatic heterocycles. The van der Waals surface area contributed by atoms with Crippen LogP contribution >= 0.6 is 11.8 Å². The SMILES string of the molecule is Cc1cc(/C=C2\SC(=N)NC2=O)c(C)n1-c1ccc(N(C)C)cc1. The molecular weight excluding hydrogens is 320 g/mol. The van der Waals surface area contributed by atoms with E-state index in [-0.39, 0.29) is 11.1 Å². The number of carbonyl (C=O) groups is 1. The van der Waals surface area contributed by atoms with Crippen molar-refractivity contribution in [2.24, 2.45) is 0 Å². The Morgan fingerprint density at radius 3 is 2.42 bits per heavy atom. The van der Waals surface area contributed by atoms with Gasteiger partial charge in [0, 0.05) is 36.9 Å². The number of thioether (sulfide) groups is 1. The van der Waals surface area contributed by atoms with E-state index in [4.69, 9.17) is 5.41 Å². The van der Waals surface area contributed by atoms with Crippen molar-refractivity contribution in [3.63, 3.8) is 0 Å². The minimum atomic E-state index is -0.204. The Kier molecular flexibility index (Phi) is 4.24. The number of hydrogen-bond donors (Lipinski definition) is 2. The van der Waals surface area contributed by atoms with Crippen LogP contribution in [0.4, 0.5) is 5.69 Å². The fraction of sp³-hybridized carbons (Fsp3) is 0.222. The summed E-state index contributed by atoms with van der Waals surface area (Å²) in [5.41, 5.74) is 5.43. The van der Waals surface area contributed by atoms with Gasteiger partial charge in [-0.3, -0.25) is 10.2 Å². The number of rotatable bonds is 3. The summed E-state index contributed by atoms with van der Waals surface area (Å²) in [6.45, 7) is 4.10. The lowest BCUT2D eigenvalue weighted by atomic mass is 10.2. The Morgan fingerprint density at radius 1 is 1.21 bits per heavy atom. The van der Waals surface area contributed by atoms with Crippen LogP contribution in [0, 0.1) is 19.3 Å². The molecule has 0 bridgehead atoms. The summed E-state index contributed by atoms with van der Waals surface area (Å²) < 4.78 is 2.18. The lowest BCUT2D eigenvalue weighted by molar-refractivity contribution is -0.115. The van der Waals surface area contributed by atoms with E-state index in [9.17, 15) is 4.79 Å². The van der Waals surface area contributed by atoms with Crippen molar-refractivity contribution < 1.29 is 4.79 Å². The second-order valence-electron chi connectivity index (χ2n) is 5.97.